The molecule has 3 rings (SSSR count). The highest BCUT2D eigenvalue weighted by Crippen LogP contribution is 2.26. The van der Waals surface area contributed by atoms with Crippen molar-refractivity contribution < 1.29 is 14.7 Å². The van der Waals surface area contributed by atoms with E-state index in [2.05, 4.69) is 5.32 Å². The number of benzene rings is 3. The Bertz CT molecular complexity index is 905. The van der Waals surface area contributed by atoms with Crippen LogP contribution in [0, 0.1) is 0 Å². The van der Waals surface area contributed by atoms with Gasteiger partial charge in [-0.3, -0.25) is 4.79 Å². The Hall–Kier alpha value is -3.40. The number of rotatable bonds is 5. The van der Waals surface area contributed by atoms with Crippen molar-refractivity contribution in [3.63, 3.8) is 0 Å². The number of hydrogen-bond acceptors (Lipinski definition) is 2. The highest BCUT2D eigenvalue weighted by molar-refractivity contribution is 5.98. The van der Waals surface area contributed by atoms with Gasteiger partial charge < -0.3 is 10.4 Å². The lowest BCUT2D eigenvalue weighted by atomic mass is 9.90. The number of nitrogens with one attached hydrogen (secondary N) is 1. The van der Waals surface area contributed by atoms with Crippen LogP contribution in [0.5, 0.6) is 0 Å². The van der Waals surface area contributed by atoms with Crippen LogP contribution in [0.4, 0.5) is 0 Å². The normalized spacial score (nSPS) is 12.8. The summed E-state index contributed by atoms with van der Waals surface area (Å²) in [5.74, 6) is -1.54. The third-order valence-electron chi connectivity index (χ3n) is 4.40. The van der Waals surface area contributed by atoms with Crippen LogP contribution in [0.25, 0.3) is 11.1 Å². The molecule has 1 unspecified atom stereocenters. The van der Waals surface area contributed by atoms with E-state index >= 15 is 0 Å². The van der Waals surface area contributed by atoms with Crippen molar-refractivity contribution >= 4 is 11.9 Å². The zero-order valence-corrected chi connectivity index (χ0v) is 14.3. The molecule has 3 aromatic carbocycles. The minimum atomic E-state index is -1.53. The molecule has 0 bridgehead atoms. The Kier molecular flexibility index (Phi) is 4.85. The molecule has 130 valence electrons. The molecule has 1 atom stereocenters. The molecule has 3 aromatic rings. The lowest BCUT2D eigenvalue weighted by Gasteiger charge is -2.27. The Labute approximate surface area is 152 Å². The molecule has 0 saturated carbocycles. The van der Waals surface area contributed by atoms with Crippen molar-refractivity contribution in [1.82, 2.24) is 5.32 Å². The van der Waals surface area contributed by atoms with E-state index < -0.39 is 17.4 Å². The monoisotopic (exact) mass is 345 g/mol. The highest BCUT2D eigenvalue weighted by atomic mass is 16.4. The van der Waals surface area contributed by atoms with Crippen LogP contribution in [-0.4, -0.2) is 17.0 Å². The number of hydrogen-bond donors (Lipinski definition) is 2. The SMILES string of the molecule is CC(NC(=O)c1ccccc1)(C(=O)O)c1ccc(-c2ccccc2)cc1. The first-order valence-corrected chi connectivity index (χ1v) is 8.27. The summed E-state index contributed by atoms with van der Waals surface area (Å²) >= 11 is 0. The van der Waals surface area contributed by atoms with Gasteiger partial charge in [-0.15, -0.1) is 0 Å². The second kappa shape index (κ2) is 7.23. The minimum Gasteiger partial charge on any atom is -0.479 e. The van der Waals surface area contributed by atoms with Crippen molar-refractivity contribution in [2.75, 3.05) is 0 Å². The predicted octanol–water partition coefficient (Wildman–Crippen LogP) is 4.08. The van der Waals surface area contributed by atoms with E-state index in [4.69, 9.17) is 0 Å². The van der Waals surface area contributed by atoms with Crippen molar-refractivity contribution in [2.24, 2.45) is 0 Å². The van der Waals surface area contributed by atoms with Gasteiger partial charge in [-0.2, -0.15) is 0 Å². The molecule has 4 nitrogen and oxygen atoms in total. The quantitative estimate of drug-likeness (QED) is 0.732. The van der Waals surface area contributed by atoms with E-state index in [1.54, 1.807) is 42.5 Å². The first-order valence-electron chi connectivity index (χ1n) is 8.27. The van der Waals surface area contributed by atoms with Gasteiger partial charge in [0.2, 0.25) is 0 Å². The fourth-order valence-corrected chi connectivity index (χ4v) is 2.76. The number of carbonyl (C=O) groups is 2. The molecule has 0 spiro atoms. The van der Waals surface area contributed by atoms with Crippen LogP contribution in [0.1, 0.15) is 22.8 Å². The molecule has 0 saturated heterocycles. The fraction of sp³-hybridized carbons (Fsp3) is 0.0909. The molecule has 0 aliphatic heterocycles. The number of aliphatic carboxylic acids is 1. The van der Waals surface area contributed by atoms with Gasteiger partial charge in [-0.1, -0.05) is 72.8 Å². The number of carboxylic acid groups (broad SMARTS) is 1. The van der Waals surface area contributed by atoms with E-state index in [0.717, 1.165) is 11.1 Å². The van der Waals surface area contributed by atoms with Gasteiger partial charge in [0.05, 0.1) is 0 Å². The average molecular weight is 345 g/mol. The average Bonchev–Trinajstić information content (AvgIpc) is 2.69. The maximum absolute atomic E-state index is 12.5. The van der Waals surface area contributed by atoms with Crippen LogP contribution in [0.2, 0.25) is 0 Å². The first-order chi connectivity index (χ1) is 12.5. The van der Waals surface area contributed by atoms with Crippen molar-refractivity contribution in [3.05, 3.63) is 96.1 Å². The van der Waals surface area contributed by atoms with Crippen molar-refractivity contribution in [3.8, 4) is 11.1 Å². The van der Waals surface area contributed by atoms with E-state index in [0.29, 0.717) is 11.1 Å². The molecule has 2 N–H and O–H groups in total. The third kappa shape index (κ3) is 3.49. The fourth-order valence-electron chi connectivity index (χ4n) is 2.76. The summed E-state index contributed by atoms with van der Waals surface area (Å²) < 4.78 is 0. The highest BCUT2D eigenvalue weighted by Gasteiger charge is 2.37. The summed E-state index contributed by atoms with van der Waals surface area (Å²) in [7, 11) is 0. The van der Waals surface area contributed by atoms with Crippen LogP contribution in [0.15, 0.2) is 84.9 Å². The molecule has 26 heavy (non-hydrogen) atoms. The molecular weight excluding hydrogens is 326 g/mol. The van der Waals surface area contributed by atoms with Crippen molar-refractivity contribution in [2.45, 2.75) is 12.5 Å². The summed E-state index contributed by atoms with van der Waals surface area (Å²) in [6.45, 7) is 1.49. The molecular formula is C22H19NO3. The number of carboxylic acids is 1. The first kappa shape index (κ1) is 17.4. The van der Waals surface area contributed by atoms with Crippen LogP contribution in [-0.2, 0) is 10.3 Å². The standard InChI is InChI=1S/C22H19NO3/c1-22(21(25)26,23-20(24)18-10-6-3-7-11-18)19-14-12-17(13-15-19)16-8-4-2-5-9-16/h2-15H,1H3,(H,23,24)(H,25,26). The third-order valence-corrected chi connectivity index (χ3v) is 4.40. The summed E-state index contributed by atoms with van der Waals surface area (Å²) in [5, 5.41) is 12.4. The Morgan fingerprint density at radius 1 is 0.769 bits per heavy atom. The molecule has 0 heterocycles. The zero-order valence-electron chi connectivity index (χ0n) is 14.3. The maximum atomic E-state index is 12.5. The summed E-state index contributed by atoms with van der Waals surface area (Å²) in [6.07, 6.45) is 0. The summed E-state index contributed by atoms with van der Waals surface area (Å²) in [6, 6.07) is 25.6. The van der Waals surface area contributed by atoms with Crippen LogP contribution < -0.4 is 5.32 Å². The second-order valence-corrected chi connectivity index (χ2v) is 6.19. The van der Waals surface area contributed by atoms with Gasteiger partial charge in [0.25, 0.3) is 5.91 Å². The largest absolute Gasteiger partial charge is 0.479 e. The minimum absolute atomic E-state index is 0.417. The molecule has 0 fully saturated rings. The number of amides is 1. The summed E-state index contributed by atoms with van der Waals surface area (Å²) in [5.41, 5.74) is 1.43. The van der Waals surface area contributed by atoms with E-state index in [-0.39, 0.29) is 0 Å². The Morgan fingerprint density at radius 2 is 1.27 bits per heavy atom. The molecule has 0 aliphatic rings. The number of carbonyl (C=O) groups excluding carboxylic acids is 1. The van der Waals surface area contributed by atoms with Gasteiger partial charge in [0.1, 0.15) is 0 Å². The smallest absolute Gasteiger partial charge is 0.333 e. The molecule has 0 aliphatic carbocycles. The topological polar surface area (TPSA) is 66.4 Å². The van der Waals surface area contributed by atoms with Crippen LogP contribution in [0.3, 0.4) is 0 Å². The molecule has 1 amide bonds. The van der Waals surface area contributed by atoms with Crippen LogP contribution >= 0.6 is 0 Å². The van der Waals surface area contributed by atoms with Gasteiger partial charge in [-0.25, -0.2) is 4.79 Å². The van der Waals surface area contributed by atoms with E-state index in [1.165, 1.54) is 6.92 Å². The van der Waals surface area contributed by atoms with Gasteiger partial charge in [-0.05, 0) is 35.7 Å². The van der Waals surface area contributed by atoms with Gasteiger partial charge in [0.15, 0.2) is 5.54 Å². The van der Waals surface area contributed by atoms with Crippen molar-refractivity contribution in [1.29, 1.82) is 0 Å². The predicted molar refractivity (Wildman–Crippen MR) is 101 cm³/mol. The van der Waals surface area contributed by atoms with E-state index in [1.807, 2.05) is 42.5 Å². The van der Waals surface area contributed by atoms with E-state index in [9.17, 15) is 14.7 Å². The molecule has 0 aromatic heterocycles. The van der Waals surface area contributed by atoms with Gasteiger partial charge in [0, 0.05) is 5.56 Å². The summed E-state index contributed by atoms with van der Waals surface area (Å²) in [4.78, 5) is 24.4. The Balaban J connectivity index is 1.90. The lowest BCUT2D eigenvalue weighted by molar-refractivity contribution is -0.144. The maximum Gasteiger partial charge on any atom is 0.333 e. The second-order valence-electron chi connectivity index (χ2n) is 6.19. The molecule has 0 radical (unpaired) electrons. The lowest BCUT2D eigenvalue weighted by Crippen LogP contribution is -2.49. The molecule has 4 heteroatoms. The Morgan fingerprint density at radius 3 is 1.81 bits per heavy atom. The zero-order chi connectivity index (χ0) is 18.6. The van der Waals surface area contributed by atoms with Gasteiger partial charge >= 0.3 is 5.97 Å².